The van der Waals surface area contributed by atoms with E-state index in [9.17, 15) is 13.2 Å². The third-order valence-corrected chi connectivity index (χ3v) is 6.09. The molecular weight excluding hydrogens is 362 g/mol. The van der Waals surface area contributed by atoms with E-state index in [2.05, 4.69) is 15.4 Å². The van der Waals surface area contributed by atoms with Gasteiger partial charge in [-0.05, 0) is 68.8 Å². The van der Waals surface area contributed by atoms with Crippen molar-refractivity contribution in [2.24, 2.45) is 11.8 Å². The molecule has 140 valence electrons. The Morgan fingerprint density at radius 3 is 2.68 bits per heavy atom. The Morgan fingerprint density at radius 2 is 2.00 bits per heavy atom. The Balaban J connectivity index is 0.00000225. The molecule has 1 aliphatic heterocycles. The van der Waals surface area contributed by atoms with Gasteiger partial charge in [0.25, 0.3) is 5.91 Å². The minimum atomic E-state index is -3.54. The molecule has 0 radical (unpaired) electrons. The van der Waals surface area contributed by atoms with Gasteiger partial charge in [-0.2, -0.15) is 0 Å². The zero-order valence-electron chi connectivity index (χ0n) is 14.2. The lowest BCUT2D eigenvalue weighted by Crippen LogP contribution is -2.28. The van der Waals surface area contributed by atoms with Crippen molar-refractivity contribution in [2.75, 3.05) is 26.2 Å². The predicted octanol–water partition coefficient (Wildman–Crippen LogP) is 1.53. The average molecular weight is 388 g/mol. The van der Waals surface area contributed by atoms with Crippen LogP contribution < -0.4 is 15.4 Å². The first kappa shape index (κ1) is 20.2. The number of halogens is 1. The van der Waals surface area contributed by atoms with Gasteiger partial charge in [0, 0.05) is 18.7 Å². The number of rotatable bonds is 8. The molecule has 1 amide bonds. The average Bonchev–Trinajstić information content (AvgIpc) is 3.28. The second-order valence-electron chi connectivity index (χ2n) is 6.73. The number of nitrogens with one attached hydrogen (secondary N) is 3. The number of hydrogen-bond acceptors (Lipinski definition) is 4. The number of carbonyl (C=O) groups is 1. The van der Waals surface area contributed by atoms with Gasteiger partial charge in [-0.15, -0.1) is 12.4 Å². The quantitative estimate of drug-likeness (QED) is 0.631. The summed E-state index contributed by atoms with van der Waals surface area (Å²) in [4.78, 5) is 12.4. The van der Waals surface area contributed by atoms with Crippen LogP contribution in [0.1, 0.15) is 36.0 Å². The fourth-order valence-electron chi connectivity index (χ4n) is 2.89. The Hall–Kier alpha value is -1.15. The number of amides is 1. The Morgan fingerprint density at radius 1 is 1.20 bits per heavy atom. The van der Waals surface area contributed by atoms with Crippen molar-refractivity contribution in [3.8, 4) is 0 Å². The van der Waals surface area contributed by atoms with E-state index in [1.807, 2.05) is 0 Å². The molecule has 2 fully saturated rings. The molecule has 0 spiro atoms. The summed E-state index contributed by atoms with van der Waals surface area (Å²) in [6, 6.07) is 6.23. The largest absolute Gasteiger partial charge is 0.352 e. The Bertz CT molecular complexity index is 686. The number of sulfonamides is 1. The van der Waals surface area contributed by atoms with Crippen LogP contribution in [-0.2, 0) is 10.0 Å². The fraction of sp³-hybridized carbons (Fsp3) is 0.588. The Kier molecular flexibility index (Phi) is 7.25. The summed E-state index contributed by atoms with van der Waals surface area (Å²) in [6.07, 6.45) is 4.26. The Labute approximate surface area is 155 Å². The van der Waals surface area contributed by atoms with Gasteiger partial charge >= 0.3 is 0 Å². The van der Waals surface area contributed by atoms with Crippen LogP contribution in [-0.4, -0.2) is 40.5 Å². The maximum atomic E-state index is 12.3. The van der Waals surface area contributed by atoms with Crippen LogP contribution in [0.3, 0.4) is 0 Å². The molecule has 3 N–H and O–H groups in total. The minimum absolute atomic E-state index is 0. The van der Waals surface area contributed by atoms with Gasteiger partial charge < -0.3 is 10.6 Å². The van der Waals surface area contributed by atoms with E-state index < -0.39 is 10.0 Å². The van der Waals surface area contributed by atoms with Gasteiger partial charge in [0.05, 0.1) is 4.90 Å². The normalized spacial score (nSPS) is 20.1. The molecule has 1 heterocycles. The second-order valence-corrected chi connectivity index (χ2v) is 8.49. The van der Waals surface area contributed by atoms with Gasteiger partial charge in [0.15, 0.2) is 0 Å². The summed E-state index contributed by atoms with van der Waals surface area (Å²) in [5, 5.41) is 6.19. The van der Waals surface area contributed by atoms with Gasteiger partial charge in [0.2, 0.25) is 10.0 Å². The molecule has 25 heavy (non-hydrogen) atoms. The third-order valence-electron chi connectivity index (χ3n) is 4.67. The first-order chi connectivity index (χ1) is 11.5. The molecule has 6 nitrogen and oxygen atoms in total. The van der Waals surface area contributed by atoms with Crippen LogP contribution in [0.15, 0.2) is 29.2 Å². The van der Waals surface area contributed by atoms with Crippen LogP contribution >= 0.6 is 12.4 Å². The predicted molar refractivity (Wildman–Crippen MR) is 99.5 cm³/mol. The third kappa shape index (κ3) is 5.95. The smallest absolute Gasteiger partial charge is 0.251 e. The monoisotopic (exact) mass is 387 g/mol. The number of hydrogen-bond donors (Lipinski definition) is 3. The molecule has 1 unspecified atom stereocenters. The fourth-order valence-corrected chi connectivity index (χ4v) is 4.05. The van der Waals surface area contributed by atoms with Crippen molar-refractivity contribution >= 4 is 28.3 Å². The van der Waals surface area contributed by atoms with E-state index in [0.717, 1.165) is 38.8 Å². The van der Waals surface area contributed by atoms with Gasteiger partial charge in [-0.25, -0.2) is 13.1 Å². The molecule has 1 aliphatic carbocycles. The highest BCUT2D eigenvalue weighted by molar-refractivity contribution is 7.89. The van der Waals surface area contributed by atoms with E-state index in [0.29, 0.717) is 30.5 Å². The molecule has 1 atom stereocenters. The van der Waals surface area contributed by atoms with Crippen molar-refractivity contribution < 1.29 is 13.2 Å². The molecule has 0 aromatic heterocycles. The highest BCUT2D eigenvalue weighted by Crippen LogP contribution is 2.28. The zero-order chi connectivity index (χ0) is 17.0. The van der Waals surface area contributed by atoms with Crippen molar-refractivity contribution in [2.45, 2.75) is 30.6 Å². The van der Waals surface area contributed by atoms with Crippen molar-refractivity contribution in [3.63, 3.8) is 0 Å². The molecule has 1 aromatic carbocycles. The van der Waals surface area contributed by atoms with Crippen LogP contribution in [0.25, 0.3) is 0 Å². The maximum absolute atomic E-state index is 12.3. The first-order valence-corrected chi connectivity index (χ1v) is 10.1. The molecule has 2 aliphatic rings. The van der Waals surface area contributed by atoms with Crippen molar-refractivity contribution in [3.05, 3.63) is 29.8 Å². The molecule has 3 rings (SSSR count). The summed E-state index contributed by atoms with van der Waals surface area (Å²) in [5.74, 6) is 0.861. The zero-order valence-corrected chi connectivity index (χ0v) is 15.8. The topological polar surface area (TPSA) is 87.3 Å². The highest BCUT2D eigenvalue weighted by Gasteiger charge is 2.24. The van der Waals surface area contributed by atoms with Crippen molar-refractivity contribution in [1.82, 2.24) is 15.4 Å². The lowest BCUT2D eigenvalue weighted by molar-refractivity contribution is 0.0951. The van der Waals surface area contributed by atoms with Crippen molar-refractivity contribution in [1.29, 1.82) is 0 Å². The molecular formula is C17H26ClN3O3S. The minimum Gasteiger partial charge on any atom is -0.352 e. The maximum Gasteiger partial charge on any atom is 0.251 e. The van der Waals surface area contributed by atoms with E-state index in [4.69, 9.17) is 0 Å². The molecule has 1 aromatic rings. The molecule has 0 bridgehead atoms. The molecule has 8 heteroatoms. The van der Waals surface area contributed by atoms with Gasteiger partial charge in [0.1, 0.15) is 0 Å². The second kappa shape index (κ2) is 8.98. The first-order valence-electron chi connectivity index (χ1n) is 8.63. The lowest BCUT2D eigenvalue weighted by atomic mass is 10.1. The number of carbonyl (C=O) groups excluding carboxylic acids is 1. The summed E-state index contributed by atoms with van der Waals surface area (Å²) in [7, 11) is -3.54. The van der Waals surface area contributed by atoms with Gasteiger partial charge in [-0.1, -0.05) is 6.07 Å². The number of benzene rings is 1. The van der Waals surface area contributed by atoms with E-state index >= 15 is 0 Å². The standard InChI is InChI=1S/C17H25N3O3S.ClH/c21-17(19-9-7-14-6-8-18-11-14)15-2-1-3-16(10-15)24(22,23)20-12-13-4-5-13;/h1-3,10,13-14,18,20H,4-9,11-12H2,(H,19,21);1H. The summed E-state index contributed by atoms with van der Waals surface area (Å²) in [6.45, 7) is 3.15. The van der Waals surface area contributed by atoms with E-state index in [1.165, 1.54) is 12.1 Å². The summed E-state index contributed by atoms with van der Waals surface area (Å²) < 4.78 is 27.2. The van der Waals surface area contributed by atoms with Crippen LogP contribution in [0.4, 0.5) is 0 Å². The SMILES string of the molecule is Cl.O=C(NCCC1CCNC1)c1cccc(S(=O)(=O)NCC2CC2)c1. The van der Waals surface area contributed by atoms with Crippen LogP contribution in [0.2, 0.25) is 0 Å². The summed E-state index contributed by atoms with van der Waals surface area (Å²) >= 11 is 0. The van der Waals surface area contributed by atoms with Crippen LogP contribution in [0.5, 0.6) is 0 Å². The van der Waals surface area contributed by atoms with Crippen LogP contribution in [0, 0.1) is 11.8 Å². The van der Waals surface area contributed by atoms with E-state index in [-0.39, 0.29) is 23.2 Å². The lowest BCUT2D eigenvalue weighted by Gasteiger charge is -2.10. The van der Waals surface area contributed by atoms with Gasteiger partial charge in [-0.3, -0.25) is 4.79 Å². The highest BCUT2D eigenvalue weighted by atomic mass is 35.5. The summed E-state index contributed by atoms with van der Waals surface area (Å²) in [5.41, 5.74) is 0.383. The molecule has 1 saturated heterocycles. The molecule has 1 saturated carbocycles. The van der Waals surface area contributed by atoms with E-state index in [1.54, 1.807) is 12.1 Å².